The van der Waals surface area contributed by atoms with Crippen molar-refractivity contribution in [1.29, 1.82) is 0 Å². The zero-order chi connectivity index (χ0) is 11.8. The second-order valence-corrected chi connectivity index (χ2v) is 4.52. The summed E-state index contributed by atoms with van der Waals surface area (Å²) in [6, 6.07) is 8.33. The van der Waals surface area contributed by atoms with Gasteiger partial charge in [-0.05, 0) is 18.1 Å². The lowest BCUT2D eigenvalue weighted by Gasteiger charge is -2.29. The van der Waals surface area contributed by atoms with Gasteiger partial charge in [-0.25, -0.2) is 4.99 Å². The van der Waals surface area contributed by atoms with Crippen LogP contribution in [0.25, 0.3) is 0 Å². The van der Waals surface area contributed by atoms with Crippen LogP contribution in [0.15, 0.2) is 40.1 Å². The molecular formula is C12H13ClN4. The topological polar surface area (TPSA) is 53.6 Å². The summed E-state index contributed by atoms with van der Waals surface area (Å²) in [5.74, 6) is 0. The first-order valence-corrected chi connectivity index (χ1v) is 5.93. The molecule has 3 N–H and O–H groups in total. The van der Waals surface area contributed by atoms with Crippen LogP contribution in [0, 0.1) is 0 Å². The van der Waals surface area contributed by atoms with E-state index >= 15 is 0 Å². The number of aliphatic imine (C=N–C) groups is 1. The van der Waals surface area contributed by atoms with Crippen molar-refractivity contribution in [3.63, 3.8) is 0 Å². The molecule has 0 saturated carbocycles. The van der Waals surface area contributed by atoms with Gasteiger partial charge in [0.2, 0.25) is 0 Å². The van der Waals surface area contributed by atoms with Gasteiger partial charge in [0.1, 0.15) is 5.16 Å². The highest BCUT2D eigenvalue weighted by Crippen LogP contribution is 2.31. The summed E-state index contributed by atoms with van der Waals surface area (Å²) in [7, 11) is 0. The molecule has 0 fully saturated rings. The fourth-order valence-corrected chi connectivity index (χ4v) is 2.45. The third-order valence-corrected chi connectivity index (χ3v) is 3.48. The van der Waals surface area contributed by atoms with Gasteiger partial charge in [-0.15, -0.1) is 0 Å². The van der Waals surface area contributed by atoms with E-state index in [1.165, 1.54) is 11.3 Å². The molecule has 88 valence electrons. The van der Waals surface area contributed by atoms with Gasteiger partial charge in [0.15, 0.2) is 6.17 Å². The van der Waals surface area contributed by atoms with Crippen LogP contribution in [-0.2, 0) is 6.42 Å². The van der Waals surface area contributed by atoms with E-state index in [1.54, 1.807) is 6.34 Å². The Morgan fingerprint density at radius 2 is 2.24 bits per heavy atom. The fraction of sp³-hybridized carbons (Fsp3) is 0.250. The first-order chi connectivity index (χ1) is 8.27. The predicted molar refractivity (Wildman–Crippen MR) is 70.0 cm³/mol. The molecule has 1 atom stereocenters. The van der Waals surface area contributed by atoms with Crippen LogP contribution in [0.5, 0.6) is 0 Å². The maximum atomic E-state index is 5.99. The highest BCUT2D eigenvalue weighted by Gasteiger charge is 2.29. The SMILES string of the molecule is NC1=C(Cl)NC=NC1N1CCc2ccccc21. The minimum absolute atomic E-state index is 0.188. The molecule has 4 nitrogen and oxygen atoms in total. The van der Waals surface area contributed by atoms with Gasteiger partial charge in [0.25, 0.3) is 0 Å². The first kappa shape index (κ1) is 10.5. The number of nitrogens with zero attached hydrogens (tertiary/aromatic N) is 2. The molecule has 0 bridgehead atoms. The Balaban J connectivity index is 1.97. The van der Waals surface area contributed by atoms with Crippen molar-refractivity contribution >= 4 is 23.6 Å². The number of benzene rings is 1. The number of rotatable bonds is 1. The van der Waals surface area contributed by atoms with Gasteiger partial charge < -0.3 is 16.0 Å². The Morgan fingerprint density at radius 3 is 3.12 bits per heavy atom. The molecule has 0 saturated heterocycles. The number of hydrogen-bond acceptors (Lipinski definition) is 4. The predicted octanol–water partition coefficient (Wildman–Crippen LogP) is 1.37. The standard InChI is InChI=1S/C12H13ClN4/c13-11-10(14)12(16-7-15-11)17-6-5-8-3-1-2-4-9(8)17/h1-4,7,12H,5-6,14H2,(H,15,16). The van der Waals surface area contributed by atoms with Crippen molar-refractivity contribution < 1.29 is 0 Å². The normalized spacial score (nSPS) is 22.6. The van der Waals surface area contributed by atoms with Crippen LogP contribution in [0.4, 0.5) is 5.69 Å². The quantitative estimate of drug-likeness (QED) is 0.739. The molecule has 1 aromatic rings. The van der Waals surface area contributed by atoms with Crippen LogP contribution in [0.3, 0.4) is 0 Å². The van der Waals surface area contributed by atoms with Crippen LogP contribution in [0.1, 0.15) is 5.56 Å². The summed E-state index contributed by atoms with van der Waals surface area (Å²) >= 11 is 5.99. The van der Waals surface area contributed by atoms with Gasteiger partial charge in [-0.2, -0.15) is 0 Å². The number of hydrogen-bond donors (Lipinski definition) is 2. The van der Waals surface area contributed by atoms with E-state index in [0.29, 0.717) is 10.9 Å². The van der Waals surface area contributed by atoms with Crippen molar-refractivity contribution in [2.75, 3.05) is 11.4 Å². The van der Waals surface area contributed by atoms with E-state index in [1.807, 2.05) is 6.07 Å². The van der Waals surface area contributed by atoms with Crippen LogP contribution >= 0.6 is 11.6 Å². The Hall–Kier alpha value is -1.68. The molecule has 1 unspecified atom stereocenters. The average Bonchev–Trinajstić information content (AvgIpc) is 2.77. The zero-order valence-electron chi connectivity index (χ0n) is 9.23. The maximum Gasteiger partial charge on any atom is 0.166 e. The van der Waals surface area contributed by atoms with Gasteiger partial charge in [0.05, 0.1) is 12.0 Å². The van der Waals surface area contributed by atoms with Crippen molar-refractivity contribution in [2.24, 2.45) is 10.7 Å². The summed E-state index contributed by atoms with van der Waals surface area (Å²) < 4.78 is 0. The Bertz CT molecular complexity index is 509. The third kappa shape index (κ3) is 1.65. The van der Waals surface area contributed by atoms with Crippen LogP contribution in [0.2, 0.25) is 0 Å². The lowest BCUT2D eigenvalue weighted by molar-refractivity contribution is 0.684. The van der Waals surface area contributed by atoms with E-state index < -0.39 is 0 Å². The lowest BCUT2D eigenvalue weighted by atomic mass is 10.2. The maximum absolute atomic E-state index is 5.99. The molecule has 2 heterocycles. The molecule has 1 aromatic carbocycles. The monoisotopic (exact) mass is 248 g/mol. The summed E-state index contributed by atoms with van der Waals surface area (Å²) in [4.78, 5) is 6.55. The lowest BCUT2D eigenvalue weighted by Crippen LogP contribution is -2.41. The average molecular weight is 249 g/mol. The number of fused-ring (bicyclic) bond motifs is 1. The van der Waals surface area contributed by atoms with Gasteiger partial charge >= 0.3 is 0 Å². The Labute approximate surface area is 105 Å². The molecule has 0 aromatic heterocycles. The van der Waals surface area contributed by atoms with Crippen LogP contribution in [-0.4, -0.2) is 19.0 Å². The smallest absolute Gasteiger partial charge is 0.166 e. The molecule has 2 aliphatic rings. The largest absolute Gasteiger partial charge is 0.396 e. The molecule has 5 heteroatoms. The molecule has 2 aliphatic heterocycles. The fourth-order valence-electron chi connectivity index (χ4n) is 2.31. The minimum atomic E-state index is -0.188. The number of para-hydroxylation sites is 1. The molecule has 0 spiro atoms. The highest BCUT2D eigenvalue weighted by molar-refractivity contribution is 6.30. The van der Waals surface area contributed by atoms with Gasteiger partial charge in [-0.3, -0.25) is 0 Å². The van der Waals surface area contributed by atoms with E-state index in [-0.39, 0.29) is 6.17 Å². The molecule has 17 heavy (non-hydrogen) atoms. The molecule has 0 amide bonds. The molecule has 3 rings (SSSR count). The first-order valence-electron chi connectivity index (χ1n) is 5.55. The third-order valence-electron chi connectivity index (χ3n) is 3.16. The zero-order valence-corrected chi connectivity index (χ0v) is 9.98. The Kier molecular flexibility index (Phi) is 2.44. The number of nitrogens with one attached hydrogen (secondary N) is 1. The summed E-state index contributed by atoms with van der Waals surface area (Å²) in [5, 5.41) is 3.28. The summed E-state index contributed by atoms with van der Waals surface area (Å²) in [6.07, 6.45) is 2.44. The van der Waals surface area contributed by atoms with Crippen molar-refractivity contribution in [3.8, 4) is 0 Å². The van der Waals surface area contributed by atoms with E-state index in [2.05, 4.69) is 33.4 Å². The minimum Gasteiger partial charge on any atom is -0.396 e. The molecule has 0 radical (unpaired) electrons. The molecule has 0 aliphatic carbocycles. The van der Waals surface area contributed by atoms with E-state index in [0.717, 1.165) is 13.0 Å². The second kappa shape index (κ2) is 3.96. The van der Waals surface area contributed by atoms with Crippen molar-refractivity contribution in [1.82, 2.24) is 5.32 Å². The number of nitrogens with two attached hydrogens (primary N) is 1. The second-order valence-electron chi connectivity index (χ2n) is 4.14. The van der Waals surface area contributed by atoms with E-state index in [4.69, 9.17) is 17.3 Å². The molecular weight excluding hydrogens is 236 g/mol. The highest BCUT2D eigenvalue weighted by atomic mass is 35.5. The summed E-state index contributed by atoms with van der Waals surface area (Å²) in [6.45, 7) is 0.923. The van der Waals surface area contributed by atoms with Crippen molar-refractivity contribution in [3.05, 3.63) is 40.7 Å². The van der Waals surface area contributed by atoms with Gasteiger partial charge in [0, 0.05) is 12.2 Å². The number of halogens is 1. The Morgan fingerprint density at radius 1 is 1.41 bits per heavy atom. The van der Waals surface area contributed by atoms with E-state index in [9.17, 15) is 0 Å². The van der Waals surface area contributed by atoms with Crippen LogP contribution < -0.4 is 16.0 Å². The van der Waals surface area contributed by atoms with Crippen molar-refractivity contribution in [2.45, 2.75) is 12.6 Å². The van der Waals surface area contributed by atoms with Gasteiger partial charge in [-0.1, -0.05) is 29.8 Å². The summed E-state index contributed by atoms with van der Waals surface area (Å²) in [5.41, 5.74) is 9.10. The number of anilines is 1.